The summed E-state index contributed by atoms with van der Waals surface area (Å²) in [6.07, 6.45) is 1.50. The fraction of sp³-hybridized carbons (Fsp3) is 0.167. The lowest BCUT2D eigenvalue weighted by Crippen LogP contribution is -2.24. The Bertz CT molecular complexity index is 789. The fourth-order valence-corrected chi connectivity index (χ4v) is 2.04. The number of hydrazone groups is 1. The third-order valence-corrected chi connectivity index (χ3v) is 3.56. The number of hydrogen-bond donors (Lipinski definition) is 2. The van der Waals surface area contributed by atoms with E-state index in [9.17, 15) is 9.59 Å². The molecule has 0 saturated heterocycles. The predicted octanol–water partition coefficient (Wildman–Crippen LogP) is 3.14. The first kappa shape index (κ1) is 18.5. The zero-order valence-electron chi connectivity index (χ0n) is 13.9. The molecule has 2 amide bonds. The van der Waals surface area contributed by atoms with Crippen LogP contribution in [-0.2, 0) is 9.59 Å². The summed E-state index contributed by atoms with van der Waals surface area (Å²) in [5, 5.41) is 7.18. The van der Waals surface area contributed by atoms with Gasteiger partial charge in [-0.2, -0.15) is 5.10 Å². The van der Waals surface area contributed by atoms with Crippen molar-refractivity contribution in [2.45, 2.75) is 13.8 Å². The van der Waals surface area contributed by atoms with Crippen LogP contribution >= 0.6 is 11.6 Å². The van der Waals surface area contributed by atoms with Gasteiger partial charge in [0.15, 0.2) is 6.61 Å². The molecule has 0 fully saturated rings. The minimum atomic E-state index is -0.376. The molecule has 0 saturated carbocycles. The van der Waals surface area contributed by atoms with Gasteiger partial charge in [0.2, 0.25) is 5.91 Å². The monoisotopic (exact) mass is 359 g/mol. The SMILES string of the molecule is CC(=O)Nc1ccc(/C=N\NC(=O)COc2ccc(Cl)c(C)c2)cc1. The highest BCUT2D eigenvalue weighted by molar-refractivity contribution is 6.31. The Balaban J connectivity index is 1.79. The van der Waals surface area contributed by atoms with Crippen LogP contribution in [0.4, 0.5) is 5.69 Å². The highest BCUT2D eigenvalue weighted by atomic mass is 35.5. The van der Waals surface area contributed by atoms with Gasteiger partial charge in [-0.25, -0.2) is 5.43 Å². The molecule has 7 heteroatoms. The maximum Gasteiger partial charge on any atom is 0.277 e. The minimum Gasteiger partial charge on any atom is -0.484 e. The van der Waals surface area contributed by atoms with Gasteiger partial charge in [-0.1, -0.05) is 23.7 Å². The first-order valence-electron chi connectivity index (χ1n) is 7.52. The first-order chi connectivity index (χ1) is 11.9. The smallest absolute Gasteiger partial charge is 0.277 e. The second-order valence-corrected chi connectivity index (χ2v) is 5.70. The summed E-state index contributed by atoms with van der Waals surface area (Å²) in [5.41, 5.74) is 4.74. The predicted molar refractivity (Wildman–Crippen MR) is 98.2 cm³/mol. The van der Waals surface area contributed by atoms with Crippen molar-refractivity contribution in [3.05, 3.63) is 58.6 Å². The summed E-state index contributed by atoms with van der Waals surface area (Å²) in [7, 11) is 0. The molecule has 25 heavy (non-hydrogen) atoms. The average Bonchev–Trinajstić information content (AvgIpc) is 2.57. The summed E-state index contributed by atoms with van der Waals surface area (Å²) in [6, 6.07) is 12.2. The molecule has 0 atom stereocenters. The van der Waals surface area contributed by atoms with E-state index in [1.165, 1.54) is 13.1 Å². The number of carbonyl (C=O) groups excluding carboxylic acids is 2. The minimum absolute atomic E-state index is 0.135. The zero-order valence-corrected chi connectivity index (χ0v) is 14.6. The van der Waals surface area contributed by atoms with E-state index >= 15 is 0 Å². The van der Waals surface area contributed by atoms with Gasteiger partial charge in [0.25, 0.3) is 5.91 Å². The van der Waals surface area contributed by atoms with Crippen LogP contribution in [0.3, 0.4) is 0 Å². The van der Waals surface area contributed by atoms with Crippen LogP contribution in [0.5, 0.6) is 5.75 Å². The van der Waals surface area contributed by atoms with Crippen LogP contribution in [0.25, 0.3) is 0 Å². The number of hydrogen-bond acceptors (Lipinski definition) is 4. The summed E-state index contributed by atoms with van der Waals surface area (Å²) < 4.78 is 5.37. The molecule has 6 nitrogen and oxygen atoms in total. The van der Waals surface area contributed by atoms with Crippen molar-refractivity contribution in [3.63, 3.8) is 0 Å². The largest absolute Gasteiger partial charge is 0.484 e. The molecule has 0 aliphatic carbocycles. The quantitative estimate of drug-likeness (QED) is 0.614. The molecule has 2 aromatic carbocycles. The van der Waals surface area contributed by atoms with Gasteiger partial charge in [-0.3, -0.25) is 9.59 Å². The first-order valence-corrected chi connectivity index (χ1v) is 7.90. The van der Waals surface area contributed by atoms with Gasteiger partial charge in [0.05, 0.1) is 6.21 Å². The number of ether oxygens (including phenoxy) is 1. The summed E-state index contributed by atoms with van der Waals surface area (Å²) in [4.78, 5) is 22.7. The molecule has 2 rings (SSSR count). The number of nitrogens with zero attached hydrogens (tertiary/aromatic N) is 1. The van der Waals surface area contributed by atoms with Gasteiger partial charge in [0.1, 0.15) is 5.75 Å². The molecule has 0 aromatic heterocycles. The van der Waals surface area contributed by atoms with E-state index in [1.807, 2.05) is 6.92 Å². The number of nitrogens with one attached hydrogen (secondary N) is 2. The Morgan fingerprint density at radius 2 is 1.92 bits per heavy atom. The summed E-state index contributed by atoms with van der Waals surface area (Å²) >= 11 is 5.93. The van der Waals surface area contributed by atoms with Crippen LogP contribution in [0, 0.1) is 6.92 Å². The number of halogens is 1. The fourth-order valence-electron chi connectivity index (χ4n) is 1.92. The molecule has 130 valence electrons. The van der Waals surface area contributed by atoms with Gasteiger partial charge in [-0.15, -0.1) is 0 Å². The third kappa shape index (κ3) is 6.27. The van der Waals surface area contributed by atoms with Gasteiger partial charge in [-0.05, 0) is 48.4 Å². The van der Waals surface area contributed by atoms with Crippen LogP contribution < -0.4 is 15.5 Å². The van der Waals surface area contributed by atoms with Gasteiger partial charge in [0, 0.05) is 17.6 Å². The summed E-state index contributed by atoms with van der Waals surface area (Å²) in [6.45, 7) is 3.15. The maximum atomic E-state index is 11.7. The lowest BCUT2D eigenvalue weighted by atomic mass is 10.2. The van der Waals surface area contributed by atoms with E-state index in [4.69, 9.17) is 16.3 Å². The third-order valence-electron chi connectivity index (χ3n) is 3.13. The van der Waals surface area contributed by atoms with Crippen molar-refractivity contribution >= 4 is 35.3 Å². The molecule has 0 spiro atoms. The molecule has 2 aromatic rings. The van der Waals surface area contributed by atoms with E-state index < -0.39 is 0 Å². The van der Waals surface area contributed by atoms with Crippen LogP contribution in [0.1, 0.15) is 18.1 Å². The second-order valence-electron chi connectivity index (χ2n) is 5.30. The standard InChI is InChI=1S/C18H18ClN3O3/c1-12-9-16(7-8-17(12)19)25-11-18(24)22-20-10-14-3-5-15(6-4-14)21-13(2)23/h3-10H,11H2,1-2H3,(H,21,23)(H,22,24)/b20-10-. The molecule has 0 bridgehead atoms. The number of aryl methyl sites for hydroxylation is 1. The number of anilines is 1. The number of amides is 2. The zero-order chi connectivity index (χ0) is 18.2. The molecule has 2 N–H and O–H groups in total. The van der Waals surface area contributed by atoms with Crippen LogP contribution in [0.2, 0.25) is 5.02 Å². The molecule has 0 radical (unpaired) electrons. The Morgan fingerprint density at radius 1 is 1.20 bits per heavy atom. The highest BCUT2D eigenvalue weighted by Gasteiger charge is 2.03. The number of rotatable bonds is 6. The normalized spacial score (nSPS) is 10.5. The Hall–Kier alpha value is -2.86. The van der Waals surface area contributed by atoms with E-state index in [2.05, 4.69) is 15.8 Å². The Kier molecular flexibility index (Phi) is 6.54. The Morgan fingerprint density at radius 3 is 2.56 bits per heavy atom. The second kappa shape index (κ2) is 8.84. The topological polar surface area (TPSA) is 79.8 Å². The maximum absolute atomic E-state index is 11.7. The average molecular weight is 360 g/mol. The van der Waals surface area contributed by atoms with E-state index in [-0.39, 0.29) is 18.4 Å². The van der Waals surface area contributed by atoms with E-state index in [0.717, 1.165) is 11.1 Å². The molecule has 0 aliphatic heterocycles. The van der Waals surface area contributed by atoms with Crippen LogP contribution in [-0.4, -0.2) is 24.6 Å². The van der Waals surface area contributed by atoms with E-state index in [1.54, 1.807) is 42.5 Å². The lowest BCUT2D eigenvalue weighted by Gasteiger charge is -2.06. The molecule has 0 heterocycles. The van der Waals surface area contributed by atoms with Gasteiger partial charge >= 0.3 is 0 Å². The summed E-state index contributed by atoms with van der Waals surface area (Å²) in [5.74, 6) is 0.0536. The van der Waals surface area contributed by atoms with Crippen molar-refractivity contribution in [3.8, 4) is 5.75 Å². The Labute approximate surface area is 150 Å². The molecular weight excluding hydrogens is 342 g/mol. The van der Waals surface area contributed by atoms with Crippen LogP contribution in [0.15, 0.2) is 47.6 Å². The van der Waals surface area contributed by atoms with Crippen molar-refractivity contribution in [2.24, 2.45) is 5.10 Å². The van der Waals surface area contributed by atoms with Gasteiger partial charge < -0.3 is 10.1 Å². The van der Waals surface area contributed by atoms with Crippen molar-refractivity contribution in [2.75, 3.05) is 11.9 Å². The molecular formula is C18H18ClN3O3. The molecule has 0 aliphatic rings. The molecule has 0 unspecified atom stereocenters. The number of carbonyl (C=O) groups is 2. The van der Waals surface area contributed by atoms with Crippen molar-refractivity contribution < 1.29 is 14.3 Å². The number of benzene rings is 2. The lowest BCUT2D eigenvalue weighted by molar-refractivity contribution is -0.123. The van der Waals surface area contributed by atoms with E-state index in [0.29, 0.717) is 16.5 Å². The van der Waals surface area contributed by atoms with Crippen molar-refractivity contribution in [1.29, 1.82) is 0 Å². The van der Waals surface area contributed by atoms with Crippen molar-refractivity contribution in [1.82, 2.24) is 5.43 Å². The highest BCUT2D eigenvalue weighted by Crippen LogP contribution is 2.20.